The highest BCUT2D eigenvalue weighted by Crippen LogP contribution is 2.39. The lowest BCUT2D eigenvalue weighted by Crippen LogP contribution is -2.08. The molecular formula is C26H23NO5. The molecule has 0 N–H and O–H groups in total. The highest BCUT2D eigenvalue weighted by Gasteiger charge is 2.22. The maximum atomic E-state index is 13.7. The first-order chi connectivity index (χ1) is 15.6. The van der Waals surface area contributed by atoms with Crippen molar-refractivity contribution in [1.29, 1.82) is 0 Å². The largest absolute Gasteiger partial charge is 0.497 e. The predicted octanol–water partition coefficient (Wildman–Crippen LogP) is 5.17. The van der Waals surface area contributed by atoms with Crippen LogP contribution >= 0.6 is 0 Å². The fourth-order valence-corrected chi connectivity index (χ4v) is 3.63. The smallest absolute Gasteiger partial charge is 0.212 e. The number of hydrogen-bond acceptors (Lipinski definition) is 6. The number of ether oxygens (including phenoxy) is 4. The topological polar surface area (TPSA) is 66.9 Å². The molecule has 0 bridgehead atoms. The number of methoxy groups -OCH3 is 4. The summed E-state index contributed by atoms with van der Waals surface area (Å²) < 4.78 is 21.5. The van der Waals surface area contributed by atoms with Gasteiger partial charge in [-0.05, 0) is 42.0 Å². The molecule has 0 spiro atoms. The van der Waals surface area contributed by atoms with Gasteiger partial charge in [-0.2, -0.15) is 0 Å². The van der Waals surface area contributed by atoms with Gasteiger partial charge in [-0.15, -0.1) is 0 Å². The lowest BCUT2D eigenvalue weighted by molar-refractivity contribution is 0.103. The lowest BCUT2D eigenvalue weighted by atomic mass is 9.96. The maximum Gasteiger partial charge on any atom is 0.212 e. The Labute approximate surface area is 186 Å². The number of hydrogen-bond donors (Lipinski definition) is 0. The number of aromatic nitrogens is 1. The standard InChI is InChI=1S/C26H23NO5/c1-29-19-11-9-16(10-12-19)20-13-17-7-5-6-8-21(17)27-24(20)25(28)18-14-22(30-2)26(32-4)23(15-18)31-3/h5-15H,1-4H3. The Morgan fingerprint density at radius 3 is 2.00 bits per heavy atom. The summed E-state index contributed by atoms with van der Waals surface area (Å²) in [5, 5.41) is 0.944. The van der Waals surface area contributed by atoms with Gasteiger partial charge in [0.25, 0.3) is 0 Å². The second-order valence-electron chi connectivity index (χ2n) is 7.05. The van der Waals surface area contributed by atoms with Gasteiger partial charge in [0.05, 0.1) is 34.0 Å². The van der Waals surface area contributed by atoms with Gasteiger partial charge in [-0.25, -0.2) is 4.98 Å². The zero-order valence-corrected chi connectivity index (χ0v) is 18.3. The van der Waals surface area contributed by atoms with Crippen molar-refractivity contribution >= 4 is 16.7 Å². The number of carbonyl (C=O) groups excluding carboxylic acids is 1. The van der Waals surface area contributed by atoms with Crippen molar-refractivity contribution in [2.24, 2.45) is 0 Å². The molecule has 0 aliphatic heterocycles. The van der Waals surface area contributed by atoms with Crippen molar-refractivity contribution in [2.45, 2.75) is 0 Å². The lowest BCUT2D eigenvalue weighted by Gasteiger charge is -2.15. The fourth-order valence-electron chi connectivity index (χ4n) is 3.63. The van der Waals surface area contributed by atoms with Gasteiger partial charge in [0.15, 0.2) is 11.5 Å². The van der Waals surface area contributed by atoms with E-state index in [0.717, 1.165) is 27.8 Å². The van der Waals surface area contributed by atoms with Gasteiger partial charge in [0.1, 0.15) is 11.4 Å². The van der Waals surface area contributed by atoms with Crippen LogP contribution in [0.2, 0.25) is 0 Å². The number of nitrogens with zero attached hydrogens (tertiary/aromatic N) is 1. The number of pyridine rings is 1. The summed E-state index contributed by atoms with van der Waals surface area (Å²) in [6.45, 7) is 0. The zero-order chi connectivity index (χ0) is 22.7. The van der Waals surface area contributed by atoms with Crippen LogP contribution < -0.4 is 18.9 Å². The molecule has 4 rings (SSSR count). The molecule has 6 nitrogen and oxygen atoms in total. The van der Waals surface area contributed by atoms with Gasteiger partial charge in [0, 0.05) is 16.5 Å². The molecule has 32 heavy (non-hydrogen) atoms. The van der Waals surface area contributed by atoms with Crippen LogP contribution in [0, 0.1) is 0 Å². The van der Waals surface area contributed by atoms with Crippen LogP contribution in [0.3, 0.4) is 0 Å². The third-order valence-corrected chi connectivity index (χ3v) is 5.27. The molecule has 4 aromatic rings. The molecule has 0 unspecified atom stereocenters. The summed E-state index contributed by atoms with van der Waals surface area (Å²) in [6, 6.07) is 20.5. The Bertz CT molecular complexity index is 1260. The molecule has 0 aliphatic rings. The molecule has 3 aromatic carbocycles. The summed E-state index contributed by atoms with van der Waals surface area (Å²) >= 11 is 0. The number of carbonyl (C=O) groups is 1. The molecule has 0 saturated heterocycles. The van der Waals surface area contributed by atoms with E-state index in [1.54, 1.807) is 19.2 Å². The molecule has 0 amide bonds. The van der Waals surface area contributed by atoms with E-state index in [4.69, 9.17) is 23.9 Å². The van der Waals surface area contributed by atoms with Gasteiger partial charge >= 0.3 is 0 Å². The Morgan fingerprint density at radius 2 is 1.41 bits per heavy atom. The number of fused-ring (bicyclic) bond motifs is 1. The van der Waals surface area contributed by atoms with Crippen molar-refractivity contribution in [1.82, 2.24) is 4.98 Å². The summed E-state index contributed by atoms with van der Waals surface area (Å²) in [6.07, 6.45) is 0. The predicted molar refractivity (Wildman–Crippen MR) is 123 cm³/mol. The van der Waals surface area contributed by atoms with E-state index in [1.807, 2.05) is 54.6 Å². The number of rotatable bonds is 7. The molecule has 0 saturated carbocycles. The Morgan fingerprint density at radius 1 is 0.750 bits per heavy atom. The van der Waals surface area contributed by atoms with Crippen LogP contribution in [0.25, 0.3) is 22.0 Å². The first-order valence-electron chi connectivity index (χ1n) is 9.98. The third-order valence-electron chi connectivity index (χ3n) is 5.27. The first kappa shape index (κ1) is 21.2. The number of benzene rings is 3. The minimum atomic E-state index is -0.249. The monoisotopic (exact) mass is 429 g/mol. The molecule has 1 aromatic heterocycles. The summed E-state index contributed by atoms with van der Waals surface area (Å²) in [4.78, 5) is 18.4. The second kappa shape index (κ2) is 8.98. The Balaban J connectivity index is 1.92. The maximum absolute atomic E-state index is 13.7. The normalized spacial score (nSPS) is 10.6. The summed E-state index contributed by atoms with van der Waals surface area (Å²) in [5.74, 6) is 1.72. The van der Waals surface area contributed by atoms with Gasteiger partial charge in [0.2, 0.25) is 11.5 Å². The zero-order valence-electron chi connectivity index (χ0n) is 18.3. The first-order valence-corrected chi connectivity index (χ1v) is 9.98. The van der Waals surface area contributed by atoms with Crippen LogP contribution in [-0.2, 0) is 0 Å². The molecule has 6 heteroatoms. The molecule has 162 valence electrons. The van der Waals surface area contributed by atoms with Crippen molar-refractivity contribution in [3.8, 4) is 34.1 Å². The fraction of sp³-hybridized carbons (Fsp3) is 0.154. The average Bonchev–Trinajstić information content (AvgIpc) is 2.86. The van der Waals surface area contributed by atoms with Crippen molar-refractivity contribution in [3.05, 3.63) is 78.0 Å². The van der Waals surface area contributed by atoms with Crippen LogP contribution in [0.1, 0.15) is 16.1 Å². The number of para-hydroxylation sites is 1. The SMILES string of the molecule is COc1ccc(-c2cc3ccccc3nc2C(=O)c2cc(OC)c(OC)c(OC)c2)cc1. The minimum Gasteiger partial charge on any atom is -0.497 e. The van der Waals surface area contributed by atoms with Crippen LogP contribution in [0.5, 0.6) is 23.0 Å². The van der Waals surface area contributed by atoms with Crippen molar-refractivity contribution in [3.63, 3.8) is 0 Å². The van der Waals surface area contributed by atoms with Crippen LogP contribution in [-0.4, -0.2) is 39.2 Å². The van der Waals surface area contributed by atoms with Gasteiger partial charge in [-0.3, -0.25) is 4.79 Å². The third kappa shape index (κ3) is 3.83. The van der Waals surface area contributed by atoms with E-state index in [-0.39, 0.29) is 5.78 Å². The Kier molecular flexibility index (Phi) is 5.94. The summed E-state index contributed by atoms with van der Waals surface area (Å²) in [7, 11) is 6.17. The second-order valence-corrected chi connectivity index (χ2v) is 7.05. The quantitative estimate of drug-likeness (QED) is 0.378. The van der Waals surface area contributed by atoms with Crippen LogP contribution in [0.4, 0.5) is 0 Å². The molecule has 0 radical (unpaired) electrons. The highest BCUT2D eigenvalue weighted by molar-refractivity contribution is 6.13. The van der Waals surface area contributed by atoms with Gasteiger partial charge in [-0.1, -0.05) is 30.3 Å². The van der Waals surface area contributed by atoms with Gasteiger partial charge < -0.3 is 18.9 Å². The van der Waals surface area contributed by atoms with Crippen molar-refractivity contribution < 1.29 is 23.7 Å². The summed E-state index contributed by atoms with van der Waals surface area (Å²) in [5.41, 5.74) is 3.05. The molecule has 1 heterocycles. The molecule has 0 fully saturated rings. The van der Waals surface area contributed by atoms with E-state index in [2.05, 4.69) is 0 Å². The van der Waals surface area contributed by atoms with E-state index in [9.17, 15) is 4.79 Å². The van der Waals surface area contributed by atoms with E-state index >= 15 is 0 Å². The molecule has 0 aliphatic carbocycles. The minimum absolute atomic E-state index is 0.249. The highest BCUT2D eigenvalue weighted by atomic mass is 16.5. The average molecular weight is 429 g/mol. The van der Waals surface area contributed by atoms with Crippen LogP contribution in [0.15, 0.2) is 66.7 Å². The Hall–Kier alpha value is -4.06. The van der Waals surface area contributed by atoms with Crippen molar-refractivity contribution in [2.75, 3.05) is 28.4 Å². The number of ketones is 1. The molecule has 0 atom stereocenters. The van der Waals surface area contributed by atoms with E-state index < -0.39 is 0 Å². The van der Waals surface area contributed by atoms with E-state index in [1.165, 1.54) is 21.3 Å². The molecular weight excluding hydrogens is 406 g/mol. The van der Waals surface area contributed by atoms with E-state index in [0.29, 0.717) is 28.5 Å².